The molecule has 57 heavy (non-hydrogen) atoms. The average Bonchev–Trinajstić information content (AvgIpc) is 3.62. The van der Waals surface area contributed by atoms with Gasteiger partial charge in [-0.3, -0.25) is 29.5 Å². The summed E-state index contributed by atoms with van der Waals surface area (Å²) < 4.78 is 10.9. The molecule has 2 N–H and O–H groups in total. The number of fused-ring (bicyclic) bond motifs is 4. The zero-order valence-electron chi connectivity index (χ0n) is 31.8. The summed E-state index contributed by atoms with van der Waals surface area (Å²) in [6, 6.07) is 29.5. The highest BCUT2D eigenvalue weighted by atomic mass is 16.5. The molecule has 2 aliphatic carbocycles. The molecule has 0 aromatic heterocycles. The van der Waals surface area contributed by atoms with Crippen molar-refractivity contribution < 1.29 is 33.8 Å². The molecule has 3 saturated heterocycles. The van der Waals surface area contributed by atoms with E-state index in [1.807, 2.05) is 104 Å². The summed E-state index contributed by atoms with van der Waals surface area (Å²) in [5, 5.41) is 11.5. The lowest BCUT2D eigenvalue weighted by molar-refractivity contribution is -0.139. The van der Waals surface area contributed by atoms with E-state index < -0.39 is 35.0 Å². The number of imide groups is 2. The van der Waals surface area contributed by atoms with E-state index in [0.29, 0.717) is 47.9 Å². The second-order valence-corrected chi connectivity index (χ2v) is 15.6. The number of carbonyl (C=O) groups excluding carboxylic acids is 4. The van der Waals surface area contributed by atoms with Crippen LogP contribution in [0.4, 0.5) is 17.1 Å². The van der Waals surface area contributed by atoms with Crippen molar-refractivity contribution in [1.82, 2.24) is 5.01 Å². The van der Waals surface area contributed by atoms with Crippen molar-refractivity contribution in [3.05, 3.63) is 131 Å². The largest absolute Gasteiger partial charge is 0.504 e. The molecule has 11 nitrogen and oxygen atoms in total. The molecule has 5 aliphatic rings. The van der Waals surface area contributed by atoms with E-state index in [1.165, 1.54) is 12.0 Å². The van der Waals surface area contributed by atoms with Crippen molar-refractivity contribution in [3.63, 3.8) is 0 Å². The second-order valence-electron chi connectivity index (χ2n) is 15.6. The minimum atomic E-state index is -1.37. The quantitative estimate of drug-likeness (QED) is 0.157. The van der Waals surface area contributed by atoms with E-state index in [1.54, 1.807) is 18.2 Å². The fourth-order valence-corrected chi connectivity index (χ4v) is 9.89. The third-order valence-corrected chi connectivity index (χ3v) is 12.6. The van der Waals surface area contributed by atoms with Crippen LogP contribution in [0.1, 0.15) is 29.5 Å². The number of morpholine rings is 1. The Morgan fingerprint density at radius 3 is 2.28 bits per heavy atom. The number of nitrogens with zero attached hydrogens (tertiary/aromatic N) is 3. The van der Waals surface area contributed by atoms with Crippen molar-refractivity contribution in [2.24, 2.45) is 29.6 Å². The van der Waals surface area contributed by atoms with Crippen LogP contribution < -0.4 is 20.0 Å². The SMILES string of the molecule is COc1cc(C=C[C@H]2C3=CC[C@@H]4C(=O)N(c5ccc(N6CCOCC6)cc5)C(=O)[C@@H]4[C@@H]3C[C@H]3C(=O)N(Nc4ccc(C)cc4)C(=O)[C@@]23c2ccccc2)ccc1O. The second kappa shape index (κ2) is 14.4. The summed E-state index contributed by atoms with van der Waals surface area (Å²) in [7, 11) is 1.48. The molecular weight excluding hydrogens is 721 g/mol. The molecule has 0 spiro atoms. The molecule has 3 aliphatic heterocycles. The molecule has 0 radical (unpaired) electrons. The molecule has 4 amide bonds. The van der Waals surface area contributed by atoms with Crippen molar-refractivity contribution in [3.8, 4) is 11.5 Å². The summed E-state index contributed by atoms with van der Waals surface area (Å²) >= 11 is 0. The summed E-state index contributed by atoms with van der Waals surface area (Å²) in [5.41, 5.74) is 7.19. The summed E-state index contributed by atoms with van der Waals surface area (Å²) in [4.78, 5) is 62.7. The number of aromatic hydroxyl groups is 1. The number of methoxy groups -OCH3 is 1. The predicted molar refractivity (Wildman–Crippen MR) is 215 cm³/mol. The van der Waals surface area contributed by atoms with Crippen LogP contribution in [-0.2, 0) is 29.3 Å². The number of hydrazine groups is 1. The number of anilines is 3. The number of aryl methyl sites for hydroxylation is 1. The molecule has 3 heterocycles. The lowest BCUT2D eigenvalue weighted by atomic mass is 9.50. The Morgan fingerprint density at radius 1 is 0.842 bits per heavy atom. The maximum Gasteiger partial charge on any atom is 0.260 e. The highest BCUT2D eigenvalue weighted by Gasteiger charge is 2.69. The molecule has 0 bridgehead atoms. The van der Waals surface area contributed by atoms with Gasteiger partial charge < -0.3 is 19.5 Å². The van der Waals surface area contributed by atoms with Crippen LogP contribution in [0.15, 0.2) is 115 Å². The van der Waals surface area contributed by atoms with Crippen molar-refractivity contribution >= 4 is 46.8 Å². The maximum absolute atomic E-state index is 15.3. The Labute approximate surface area is 331 Å². The summed E-state index contributed by atoms with van der Waals surface area (Å²) in [5.74, 6) is -4.36. The van der Waals surface area contributed by atoms with E-state index in [2.05, 4.69) is 10.3 Å². The normalized spacial score (nSPS) is 27.0. The molecule has 4 fully saturated rings. The van der Waals surface area contributed by atoms with Gasteiger partial charge in [0.15, 0.2) is 11.5 Å². The highest BCUT2D eigenvalue weighted by molar-refractivity contribution is 6.22. The molecule has 4 aromatic carbocycles. The van der Waals surface area contributed by atoms with Gasteiger partial charge in [-0.2, -0.15) is 5.01 Å². The van der Waals surface area contributed by atoms with E-state index in [9.17, 15) is 19.5 Å². The summed E-state index contributed by atoms with van der Waals surface area (Å²) in [6.07, 6.45) is 6.40. The molecule has 11 heteroatoms. The van der Waals surface area contributed by atoms with Crippen molar-refractivity contribution in [1.29, 1.82) is 0 Å². The lowest BCUT2D eigenvalue weighted by Crippen LogP contribution is -2.54. The topological polar surface area (TPSA) is 129 Å². The Hall–Kier alpha value is -6.20. The average molecular weight is 765 g/mol. The van der Waals surface area contributed by atoms with Gasteiger partial charge in [0.25, 0.3) is 11.8 Å². The van der Waals surface area contributed by atoms with Gasteiger partial charge in [-0.25, -0.2) is 0 Å². The first kappa shape index (κ1) is 36.4. The van der Waals surface area contributed by atoms with Gasteiger partial charge in [-0.05, 0) is 85.3 Å². The van der Waals surface area contributed by atoms with Gasteiger partial charge in [0.2, 0.25) is 11.8 Å². The van der Waals surface area contributed by atoms with Crippen LogP contribution in [-0.4, -0.2) is 67.2 Å². The highest BCUT2D eigenvalue weighted by Crippen LogP contribution is 2.61. The maximum atomic E-state index is 15.3. The first-order valence-electron chi connectivity index (χ1n) is 19.5. The number of ether oxygens (including phenoxy) is 2. The molecule has 0 unspecified atom stereocenters. The number of hydrogen-bond donors (Lipinski definition) is 2. The monoisotopic (exact) mass is 764 g/mol. The Kier molecular flexibility index (Phi) is 9.20. The smallest absolute Gasteiger partial charge is 0.260 e. The number of rotatable bonds is 8. The van der Waals surface area contributed by atoms with E-state index in [-0.39, 0.29) is 35.8 Å². The van der Waals surface area contributed by atoms with E-state index >= 15 is 4.79 Å². The number of nitrogens with one attached hydrogen (secondary N) is 1. The molecular formula is C46H44N4O7. The number of phenols is 1. The Bertz CT molecular complexity index is 2300. The van der Waals surface area contributed by atoms with Gasteiger partial charge >= 0.3 is 0 Å². The van der Waals surface area contributed by atoms with Gasteiger partial charge in [-0.15, -0.1) is 0 Å². The predicted octanol–water partition coefficient (Wildman–Crippen LogP) is 6.28. The Balaban J connectivity index is 1.14. The van der Waals surface area contributed by atoms with Crippen molar-refractivity contribution in [2.75, 3.05) is 48.6 Å². The number of phenolic OH excluding ortho intramolecular Hbond substituents is 1. The number of hydrogen-bond acceptors (Lipinski definition) is 9. The minimum Gasteiger partial charge on any atom is -0.504 e. The summed E-state index contributed by atoms with van der Waals surface area (Å²) in [6.45, 7) is 4.79. The van der Waals surface area contributed by atoms with E-state index in [4.69, 9.17) is 9.47 Å². The standard InChI is InChI=1S/C46H44N4O7/c1-28-8-12-31(13-9-28)47-50-43(53)38-27-36-34(18-19-35-41(36)44(54)49(42(35)52)33-16-14-32(15-17-33)48-22-24-57-25-23-48)37(20-10-29-11-21-39(51)40(26-29)56-2)46(38,45(50)55)30-6-4-3-5-7-30/h3-18,20-21,26,35-38,41,47,51H,19,22-25,27H2,1-2H3/t35-,36+,37-,38-,41-,46-/m0/s1. The molecule has 6 atom stereocenters. The third-order valence-electron chi connectivity index (χ3n) is 12.6. The minimum absolute atomic E-state index is 0.00618. The van der Waals surface area contributed by atoms with Gasteiger partial charge in [0, 0.05) is 24.7 Å². The number of carbonyl (C=O) groups is 4. The van der Waals surface area contributed by atoms with Crippen LogP contribution in [0, 0.1) is 36.5 Å². The van der Waals surface area contributed by atoms with Crippen LogP contribution in [0.3, 0.4) is 0 Å². The number of allylic oxidation sites excluding steroid dienone is 3. The molecule has 1 saturated carbocycles. The fourth-order valence-electron chi connectivity index (χ4n) is 9.89. The third kappa shape index (κ3) is 5.91. The van der Waals surface area contributed by atoms with Gasteiger partial charge in [-0.1, -0.05) is 77.9 Å². The zero-order chi connectivity index (χ0) is 39.4. The molecule has 290 valence electrons. The number of amides is 4. The Morgan fingerprint density at radius 2 is 1.56 bits per heavy atom. The first-order valence-corrected chi connectivity index (χ1v) is 19.5. The van der Waals surface area contributed by atoms with Gasteiger partial charge in [0.05, 0.1) is 54.9 Å². The van der Waals surface area contributed by atoms with Gasteiger partial charge in [0.1, 0.15) is 0 Å². The molecule has 9 rings (SSSR count). The lowest BCUT2D eigenvalue weighted by Gasteiger charge is -2.49. The fraction of sp³-hybridized carbons (Fsp3) is 0.304. The van der Waals surface area contributed by atoms with Crippen LogP contribution in [0.5, 0.6) is 11.5 Å². The van der Waals surface area contributed by atoms with Crippen molar-refractivity contribution in [2.45, 2.75) is 25.2 Å². The first-order chi connectivity index (χ1) is 27.7. The number of benzene rings is 4. The zero-order valence-corrected chi connectivity index (χ0v) is 31.8. The van der Waals surface area contributed by atoms with Crippen LogP contribution in [0.25, 0.3) is 6.08 Å². The van der Waals surface area contributed by atoms with Crippen LogP contribution in [0.2, 0.25) is 0 Å². The molecule has 4 aromatic rings. The van der Waals surface area contributed by atoms with Crippen LogP contribution >= 0.6 is 0 Å². The van der Waals surface area contributed by atoms with E-state index in [0.717, 1.165) is 34.9 Å².